The van der Waals surface area contributed by atoms with Gasteiger partial charge in [0.2, 0.25) is 0 Å². The van der Waals surface area contributed by atoms with Crippen molar-refractivity contribution in [1.29, 1.82) is 0 Å². The summed E-state index contributed by atoms with van der Waals surface area (Å²) in [5.41, 5.74) is 4.73. The molecule has 3 heteroatoms. The van der Waals surface area contributed by atoms with Crippen LogP contribution in [0.15, 0.2) is 78.9 Å². The fourth-order valence-corrected chi connectivity index (χ4v) is 3.36. The van der Waals surface area contributed by atoms with Crippen molar-refractivity contribution < 1.29 is 0 Å². The van der Waals surface area contributed by atoms with Crippen LogP contribution in [0, 0.1) is 0 Å². The van der Waals surface area contributed by atoms with Crippen LogP contribution < -0.4 is 0 Å². The van der Waals surface area contributed by atoms with Gasteiger partial charge in [0, 0.05) is 21.5 Å². The molecule has 0 aliphatic carbocycles. The largest absolute Gasteiger partial charge is 0.246 e. The summed E-state index contributed by atoms with van der Waals surface area (Å²) < 4.78 is 0. The molecule has 116 valence electrons. The Bertz CT molecular complexity index is 1010. The molecule has 0 unspecified atom stereocenters. The molecule has 0 bridgehead atoms. The summed E-state index contributed by atoms with van der Waals surface area (Å²) in [4.78, 5) is 4.79. The Balaban J connectivity index is 2.06. The Hall–Kier alpha value is -2.35. The minimum absolute atomic E-state index is 0.655. The van der Waals surface area contributed by atoms with Crippen molar-refractivity contribution in [2.75, 3.05) is 0 Å². The number of para-hydroxylation sites is 1. The van der Waals surface area contributed by atoms with E-state index in [4.69, 9.17) is 28.2 Å². The summed E-state index contributed by atoms with van der Waals surface area (Å²) in [6.45, 7) is 0. The number of halogens is 2. The number of nitrogens with zero attached hydrogens (tertiary/aromatic N) is 1. The molecule has 24 heavy (non-hydrogen) atoms. The van der Waals surface area contributed by atoms with Crippen LogP contribution in [0.4, 0.5) is 0 Å². The first-order valence-corrected chi connectivity index (χ1v) is 8.39. The van der Waals surface area contributed by atoms with E-state index in [0.29, 0.717) is 10.0 Å². The van der Waals surface area contributed by atoms with Gasteiger partial charge in [-0.2, -0.15) is 0 Å². The highest BCUT2D eigenvalue weighted by Gasteiger charge is 2.16. The lowest BCUT2D eigenvalue weighted by Gasteiger charge is -2.13. The van der Waals surface area contributed by atoms with Gasteiger partial charge < -0.3 is 0 Å². The number of benzene rings is 3. The lowest BCUT2D eigenvalue weighted by atomic mass is 9.98. The smallest absolute Gasteiger partial charge is 0.0902 e. The maximum atomic E-state index is 6.80. The molecule has 0 radical (unpaired) electrons. The van der Waals surface area contributed by atoms with Crippen molar-refractivity contribution in [2.45, 2.75) is 0 Å². The van der Waals surface area contributed by atoms with Crippen LogP contribution >= 0.6 is 23.2 Å². The van der Waals surface area contributed by atoms with Gasteiger partial charge in [-0.15, -0.1) is 0 Å². The molecular formula is C21H13Cl2N. The molecule has 0 saturated heterocycles. The number of hydrogen-bond acceptors (Lipinski definition) is 1. The Kier molecular flexibility index (Phi) is 3.97. The topological polar surface area (TPSA) is 12.9 Å². The van der Waals surface area contributed by atoms with E-state index in [9.17, 15) is 0 Å². The van der Waals surface area contributed by atoms with E-state index in [-0.39, 0.29) is 0 Å². The monoisotopic (exact) mass is 349 g/mol. The van der Waals surface area contributed by atoms with Crippen LogP contribution in [0.3, 0.4) is 0 Å². The van der Waals surface area contributed by atoms with Crippen LogP contribution in [-0.2, 0) is 0 Å². The predicted octanol–water partition coefficient (Wildman–Crippen LogP) is 6.88. The van der Waals surface area contributed by atoms with Gasteiger partial charge in [0.1, 0.15) is 0 Å². The maximum absolute atomic E-state index is 6.80. The Labute approximate surface area is 150 Å². The molecule has 0 aliphatic heterocycles. The molecular weight excluding hydrogens is 337 g/mol. The fourth-order valence-electron chi connectivity index (χ4n) is 2.87. The number of hydrogen-bond donors (Lipinski definition) is 0. The molecule has 3 aromatic carbocycles. The highest BCUT2D eigenvalue weighted by atomic mass is 35.5. The van der Waals surface area contributed by atoms with Crippen molar-refractivity contribution in [1.82, 2.24) is 4.98 Å². The SMILES string of the molecule is Clc1ccc(-c2nc3ccccc3c(-c3ccccc3)c2Cl)cc1. The maximum Gasteiger partial charge on any atom is 0.0902 e. The van der Waals surface area contributed by atoms with E-state index in [1.807, 2.05) is 60.7 Å². The van der Waals surface area contributed by atoms with Crippen LogP contribution in [-0.4, -0.2) is 4.98 Å². The highest BCUT2D eigenvalue weighted by Crippen LogP contribution is 2.40. The summed E-state index contributed by atoms with van der Waals surface area (Å²) in [6.07, 6.45) is 0. The van der Waals surface area contributed by atoms with Gasteiger partial charge >= 0.3 is 0 Å². The average Bonchev–Trinajstić information content (AvgIpc) is 2.63. The minimum Gasteiger partial charge on any atom is -0.246 e. The van der Waals surface area contributed by atoms with Gasteiger partial charge in [-0.1, -0.05) is 83.9 Å². The van der Waals surface area contributed by atoms with E-state index in [1.165, 1.54) is 0 Å². The van der Waals surface area contributed by atoms with E-state index >= 15 is 0 Å². The minimum atomic E-state index is 0.655. The molecule has 0 spiro atoms. The zero-order chi connectivity index (χ0) is 16.5. The molecule has 4 rings (SSSR count). The molecule has 0 amide bonds. The second-order valence-corrected chi connectivity index (χ2v) is 6.35. The fraction of sp³-hybridized carbons (Fsp3) is 0. The molecule has 1 heterocycles. The van der Waals surface area contributed by atoms with E-state index in [1.54, 1.807) is 0 Å². The number of fused-ring (bicyclic) bond motifs is 1. The van der Waals surface area contributed by atoms with Gasteiger partial charge in [-0.3, -0.25) is 0 Å². The first-order valence-electron chi connectivity index (χ1n) is 7.63. The van der Waals surface area contributed by atoms with Gasteiger partial charge in [-0.25, -0.2) is 4.98 Å². The van der Waals surface area contributed by atoms with Crippen LogP contribution in [0.1, 0.15) is 0 Å². The zero-order valence-corrected chi connectivity index (χ0v) is 14.2. The lowest BCUT2D eigenvalue weighted by molar-refractivity contribution is 1.40. The number of pyridine rings is 1. The molecule has 0 atom stereocenters. The average molecular weight is 350 g/mol. The van der Waals surface area contributed by atoms with Gasteiger partial charge in [0.05, 0.1) is 16.2 Å². The van der Waals surface area contributed by atoms with Crippen molar-refractivity contribution in [3.8, 4) is 22.4 Å². The summed E-state index contributed by atoms with van der Waals surface area (Å²) in [5, 5.41) is 2.40. The quantitative estimate of drug-likeness (QED) is 0.384. The van der Waals surface area contributed by atoms with Crippen molar-refractivity contribution in [2.24, 2.45) is 0 Å². The molecule has 0 fully saturated rings. The molecule has 1 aromatic heterocycles. The van der Waals surface area contributed by atoms with Crippen LogP contribution in [0.5, 0.6) is 0 Å². The number of aromatic nitrogens is 1. The molecule has 0 saturated carbocycles. The van der Waals surface area contributed by atoms with E-state index < -0.39 is 0 Å². The van der Waals surface area contributed by atoms with E-state index in [2.05, 4.69) is 18.2 Å². The Morgan fingerprint density at radius 1 is 0.625 bits per heavy atom. The van der Waals surface area contributed by atoms with Crippen molar-refractivity contribution in [3.05, 3.63) is 88.9 Å². The van der Waals surface area contributed by atoms with Gasteiger partial charge in [0.25, 0.3) is 0 Å². The summed E-state index contributed by atoms with van der Waals surface area (Å²) in [6, 6.07) is 25.8. The normalized spacial score (nSPS) is 10.9. The van der Waals surface area contributed by atoms with Crippen LogP contribution in [0.2, 0.25) is 10.0 Å². The Morgan fingerprint density at radius 2 is 1.29 bits per heavy atom. The van der Waals surface area contributed by atoms with Gasteiger partial charge in [0.15, 0.2) is 0 Å². The zero-order valence-electron chi connectivity index (χ0n) is 12.7. The molecule has 0 aliphatic rings. The highest BCUT2D eigenvalue weighted by molar-refractivity contribution is 6.37. The van der Waals surface area contributed by atoms with Gasteiger partial charge in [-0.05, 0) is 23.8 Å². The van der Waals surface area contributed by atoms with Crippen molar-refractivity contribution in [3.63, 3.8) is 0 Å². The van der Waals surface area contributed by atoms with Crippen molar-refractivity contribution >= 4 is 34.1 Å². The summed E-state index contributed by atoms with van der Waals surface area (Å²) >= 11 is 12.8. The third kappa shape index (κ3) is 2.66. The Morgan fingerprint density at radius 3 is 2.04 bits per heavy atom. The summed E-state index contributed by atoms with van der Waals surface area (Å²) in [7, 11) is 0. The second kappa shape index (κ2) is 6.27. The summed E-state index contributed by atoms with van der Waals surface area (Å²) in [5.74, 6) is 0. The third-order valence-corrected chi connectivity index (χ3v) is 4.63. The number of rotatable bonds is 2. The third-order valence-electron chi connectivity index (χ3n) is 4.01. The first kappa shape index (κ1) is 15.2. The predicted molar refractivity (Wildman–Crippen MR) is 103 cm³/mol. The first-order chi connectivity index (χ1) is 11.7. The van der Waals surface area contributed by atoms with E-state index in [0.717, 1.165) is 33.3 Å². The second-order valence-electron chi connectivity index (χ2n) is 5.54. The van der Waals surface area contributed by atoms with Crippen LogP contribution in [0.25, 0.3) is 33.3 Å². The standard InChI is InChI=1S/C21H13Cl2N/c22-16-12-10-15(11-13-16)21-20(23)19(14-6-2-1-3-7-14)17-8-4-5-9-18(17)24-21/h1-13H. The lowest BCUT2D eigenvalue weighted by Crippen LogP contribution is -1.92. The molecule has 4 aromatic rings. The molecule has 1 nitrogen and oxygen atoms in total. The molecule has 0 N–H and O–H groups in total.